The highest BCUT2D eigenvalue weighted by Gasteiger charge is 2.37. The van der Waals surface area contributed by atoms with Crippen LogP contribution in [0, 0.1) is 0 Å². The molecule has 3 rings (SSSR count). The summed E-state index contributed by atoms with van der Waals surface area (Å²) in [4.78, 5) is 0. The van der Waals surface area contributed by atoms with Crippen molar-refractivity contribution in [3.63, 3.8) is 0 Å². The van der Waals surface area contributed by atoms with Gasteiger partial charge in [-0.25, -0.2) is 0 Å². The van der Waals surface area contributed by atoms with Gasteiger partial charge in [0.1, 0.15) is 5.75 Å². The fourth-order valence-corrected chi connectivity index (χ4v) is 3.44. The minimum Gasteiger partial charge on any atom is -0.508 e. The van der Waals surface area contributed by atoms with Crippen molar-refractivity contribution in [3.8, 4) is 5.75 Å². The van der Waals surface area contributed by atoms with Gasteiger partial charge in [0.2, 0.25) is 0 Å². The summed E-state index contributed by atoms with van der Waals surface area (Å²) in [6.07, 6.45) is 3.01. The van der Waals surface area contributed by atoms with E-state index in [4.69, 9.17) is 4.74 Å². The second kappa shape index (κ2) is 6.54. The average Bonchev–Trinajstić information content (AvgIpc) is 2.53. The van der Waals surface area contributed by atoms with Crippen LogP contribution in [0.1, 0.15) is 30.4 Å². The Morgan fingerprint density at radius 3 is 2.82 bits per heavy atom. The Morgan fingerprint density at radius 1 is 1.27 bits per heavy atom. The van der Waals surface area contributed by atoms with E-state index in [0.29, 0.717) is 44.4 Å². The molecule has 122 valence electrons. The molecule has 1 heterocycles. The second-order valence-electron chi connectivity index (χ2n) is 6.53. The van der Waals surface area contributed by atoms with Gasteiger partial charge in [-0.2, -0.15) is 0 Å². The molecular formula is C17H25NO4. The van der Waals surface area contributed by atoms with Crippen LogP contribution in [-0.4, -0.2) is 52.8 Å². The SMILES string of the molecule is Oc1ccc2c(c1)CCC(NCC(O)C1(O)CCOCC1)C2. The maximum Gasteiger partial charge on any atom is 0.115 e. The molecule has 5 nitrogen and oxygen atoms in total. The maximum absolute atomic E-state index is 10.5. The van der Waals surface area contributed by atoms with Gasteiger partial charge in [0.05, 0.1) is 11.7 Å². The third kappa shape index (κ3) is 3.43. The molecule has 22 heavy (non-hydrogen) atoms. The molecule has 0 aromatic heterocycles. The first-order valence-electron chi connectivity index (χ1n) is 8.09. The van der Waals surface area contributed by atoms with Gasteiger partial charge in [0.25, 0.3) is 0 Å². The number of rotatable bonds is 4. The van der Waals surface area contributed by atoms with Crippen LogP contribution < -0.4 is 5.32 Å². The van der Waals surface area contributed by atoms with Gasteiger partial charge >= 0.3 is 0 Å². The Balaban J connectivity index is 1.53. The van der Waals surface area contributed by atoms with Crippen LogP contribution in [0.15, 0.2) is 18.2 Å². The molecule has 0 saturated carbocycles. The number of ether oxygens (including phenoxy) is 1. The predicted molar refractivity (Wildman–Crippen MR) is 82.9 cm³/mol. The summed E-state index contributed by atoms with van der Waals surface area (Å²) in [5, 5.41) is 33.7. The largest absolute Gasteiger partial charge is 0.508 e. The molecule has 2 unspecified atom stereocenters. The van der Waals surface area contributed by atoms with Crippen LogP contribution in [0.3, 0.4) is 0 Å². The van der Waals surface area contributed by atoms with E-state index in [9.17, 15) is 15.3 Å². The number of phenolic OH excluding ortho intramolecular Hbond substituents is 1. The van der Waals surface area contributed by atoms with Crippen molar-refractivity contribution in [3.05, 3.63) is 29.3 Å². The lowest BCUT2D eigenvalue weighted by molar-refractivity contribution is -0.130. The summed E-state index contributed by atoms with van der Waals surface area (Å²) in [6, 6.07) is 5.84. The molecule has 1 aliphatic heterocycles. The Kier molecular flexibility index (Phi) is 4.68. The van der Waals surface area contributed by atoms with Crippen molar-refractivity contribution in [2.24, 2.45) is 0 Å². The number of aliphatic hydroxyl groups excluding tert-OH is 1. The number of phenols is 1. The third-order valence-corrected chi connectivity index (χ3v) is 5.00. The van der Waals surface area contributed by atoms with Gasteiger partial charge in [-0.3, -0.25) is 0 Å². The summed E-state index contributed by atoms with van der Waals surface area (Å²) in [5.41, 5.74) is 1.44. The van der Waals surface area contributed by atoms with Crippen LogP contribution in [0.5, 0.6) is 5.75 Å². The standard InChI is InChI=1S/C17H25NO4/c19-15-4-2-12-9-14(3-1-13(12)10-15)18-11-16(20)17(21)5-7-22-8-6-17/h2,4,10,14,16,18-21H,1,3,5-9,11H2. The van der Waals surface area contributed by atoms with Gasteiger partial charge < -0.3 is 25.4 Å². The van der Waals surface area contributed by atoms with E-state index in [1.807, 2.05) is 12.1 Å². The molecule has 2 atom stereocenters. The molecule has 0 radical (unpaired) electrons. The average molecular weight is 307 g/mol. The quantitative estimate of drug-likeness (QED) is 0.660. The molecule has 1 aromatic carbocycles. The van der Waals surface area contributed by atoms with Crippen molar-refractivity contribution in [2.45, 2.75) is 49.9 Å². The lowest BCUT2D eigenvalue weighted by Gasteiger charge is -2.37. The lowest BCUT2D eigenvalue weighted by atomic mass is 9.86. The van der Waals surface area contributed by atoms with Crippen molar-refractivity contribution < 1.29 is 20.1 Å². The van der Waals surface area contributed by atoms with E-state index < -0.39 is 11.7 Å². The number of aryl methyl sites for hydroxylation is 1. The predicted octanol–water partition coefficient (Wildman–Crippen LogP) is 0.741. The molecule has 2 aliphatic rings. The number of hydrogen-bond donors (Lipinski definition) is 4. The van der Waals surface area contributed by atoms with Crippen LogP contribution in [0.4, 0.5) is 0 Å². The van der Waals surface area contributed by atoms with Crippen LogP contribution >= 0.6 is 0 Å². The summed E-state index contributed by atoms with van der Waals surface area (Å²) in [7, 11) is 0. The monoisotopic (exact) mass is 307 g/mol. The highest BCUT2D eigenvalue weighted by atomic mass is 16.5. The normalized spacial score (nSPS) is 25.5. The molecular weight excluding hydrogens is 282 g/mol. The lowest BCUT2D eigenvalue weighted by Crippen LogP contribution is -2.52. The molecule has 4 N–H and O–H groups in total. The van der Waals surface area contributed by atoms with Gasteiger partial charge in [-0.05, 0) is 42.5 Å². The fourth-order valence-electron chi connectivity index (χ4n) is 3.44. The van der Waals surface area contributed by atoms with Gasteiger partial charge in [-0.15, -0.1) is 0 Å². The minimum absolute atomic E-state index is 0.301. The topological polar surface area (TPSA) is 82.0 Å². The van der Waals surface area contributed by atoms with Crippen LogP contribution in [-0.2, 0) is 17.6 Å². The van der Waals surface area contributed by atoms with Gasteiger partial charge in [0.15, 0.2) is 0 Å². The molecule has 0 spiro atoms. The van der Waals surface area contributed by atoms with Crippen molar-refractivity contribution >= 4 is 0 Å². The first-order valence-corrected chi connectivity index (χ1v) is 8.09. The van der Waals surface area contributed by atoms with E-state index in [1.165, 1.54) is 11.1 Å². The minimum atomic E-state index is -1.02. The number of fused-ring (bicyclic) bond motifs is 1. The van der Waals surface area contributed by atoms with Crippen molar-refractivity contribution in [1.82, 2.24) is 5.32 Å². The summed E-state index contributed by atoms with van der Waals surface area (Å²) in [5.74, 6) is 0.322. The molecule has 1 fully saturated rings. The highest BCUT2D eigenvalue weighted by Crippen LogP contribution is 2.26. The molecule has 5 heteroatoms. The first-order chi connectivity index (χ1) is 10.6. The molecule has 0 bridgehead atoms. The zero-order chi connectivity index (χ0) is 15.6. The number of aromatic hydroxyl groups is 1. The zero-order valence-electron chi connectivity index (χ0n) is 12.8. The summed E-state index contributed by atoms with van der Waals surface area (Å²) in [6.45, 7) is 1.41. The summed E-state index contributed by atoms with van der Waals surface area (Å²) >= 11 is 0. The molecule has 1 aliphatic carbocycles. The smallest absolute Gasteiger partial charge is 0.115 e. The molecule has 1 saturated heterocycles. The number of benzene rings is 1. The van der Waals surface area contributed by atoms with Crippen LogP contribution in [0.25, 0.3) is 0 Å². The first kappa shape index (κ1) is 15.7. The van der Waals surface area contributed by atoms with Gasteiger partial charge in [0, 0.05) is 38.6 Å². The Hall–Kier alpha value is -1.14. The highest BCUT2D eigenvalue weighted by molar-refractivity contribution is 5.37. The van der Waals surface area contributed by atoms with Crippen molar-refractivity contribution in [2.75, 3.05) is 19.8 Å². The van der Waals surface area contributed by atoms with E-state index in [-0.39, 0.29) is 0 Å². The van der Waals surface area contributed by atoms with E-state index in [0.717, 1.165) is 19.3 Å². The number of aliphatic hydroxyl groups is 2. The van der Waals surface area contributed by atoms with E-state index >= 15 is 0 Å². The Labute approximate surface area is 130 Å². The van der Waals surface area contributed by atoms with Crippen LogP contribution in [0.2, 0.25) is 0 Å². The molecule has 1 aromatic rings. The Bertz CT molecular complexity index is 513. The summed E-state index contributed by atoms with van der Waals surface area (Å²) < 4.78 is 5.25. The zero-order valence-corrected chi connectivity index (χ0v) is 12.8. The Morgan fingerprint density at radius 2 is 2.05 bits per heavy atom. The number of hydrogen-bond acceptors (Lipinski definition) is 5. The third-order valence-electron chi connectivity index (χ3n) is 5.00. The number of nitrogens with one attached hydrogen (secondary N) is 1. The second-order valence-corrected chi connectivity index (χ2v) is 6.53. The fraction of sp³-hybridized carbons (Fsp3) is 0.647. The van der Waals surface area contributed by atoms with Crippen molar-refractivity contribution in [1.29, 1.82) is 0 Å². The van der Waals surface area contributed by atoms with E-state index in [2.05, 4.69) is 5.32 Å². The van der Waals surface area contributed by atoms with E-state index in [1.54, 1.807) is 6.07 Å². The maximum atomic E-state index is 10.5. The molecule has 0 amide bonds. The van der Waals surface area contributed by atoms with Gasteiger partial charge in [-0.1, -0.05) is 6.07 Å².